The molecule has 3 nitrogen and oxygen atoms in total. The minimum absolute atomic E-state index is 0.0543. The van der Waals surface area contributed by atoms with Crippen LogP contribution in [0.1, 0.15) is 16.8 Å². The molecular weight excluding hydrogens is 262 g/mol. The lowest BCUT2D eigenvalue weighted by atomic mass is 10.1. The Morgan fingerprint density at radius 3 is 2.52 bits per heavy atom. The zero-order valence-corrected chi connectivity index (χ0v) is 11.7. The van der Waals surface area contributed by atoms with Gasteiger partial charge in [0.1, 0.15) is 5.75 Å². The third-order valence-electron chi connectivity index (χ3n) is 3.36. The van der Waals surface area contributed by atoms with Crippen molar-refractivity contribution in [3.05, 3.63) is 65.4 Å². The molecule has 0 amide bonds. The summed E-state index contributed by atoms with van der Waals surface area (Å²) in [6.07, 6.45) is 0. The molecule has 0 fully saturated rings. The first-order valence-corrected chi connectivity index (χ1v) is 6.68. The predicted molar refractivity (Wildman–Crippen MR) is 83.2 cm³/mol. The molecule has 2 N–H and O–H groups in total. The van der Waals surface area contributed by atoms with Crippen LogP contribution in [0.3, 0.4) is 0 Å². The van der Waals surface area contributed by atoms with E-state index in [1.807, 2.05) is 48.5 Å². The van der Waals surface area contributed by atoms with E-state index in [0.717, 1.165) is 33.5 Å². The number of fused-ring (bicyclic) bond motifs is 1. The summed E-state index contributed by atoms with van der Waals surface area (Å²) >= 11 is 0. The fourth-order valence-electron chi connectivity index (χ4n) is 2.27. The number of aliphatic hydroxyl groups is 1. The molecule has 0 bridgehead atoms. The molecule has 3 aromatic rings. The average Bonchev–Trinajstić information content (AvgIpc) is 2.91. The van der Waals surface area contributed by atoms with Gasteiger partial charge in [-0.05, 0) is 30.3 Å². The highest BCUT2D eigenvalue weighted by Gasteiger charge is 2.07. The summed E-state index contributed by atoms with van der Waals surface area (Å²) in [5.41, 5.74) is 3.49. The number of rotatable bonds is 2. The number of para-hydroxylation sites is 1. The van der Waals surface area contributed by atoms with Gasteiger partial charge in [0.05, 0.1) is 25.0 Å². The molecule has 2 aromatic carbocycles. The number of hydrogen-bond acceptors (Lipinski definition) is 2. The first-order valence-electron chi connectivity index (χ1n) is 6.68. The molecule has 1 aromatic heterocycles. The molecule has 0 unspecified atom stereocenters. The van der Waals surface area contributed by atoms with Crippen molar-refractivity contribution in [1.82, 2.24) is 4.98 Å². The van der Waals surface area contributed by atoms with Gasteiger partial charge in [-0.2, -0.15) is 0 Å². The lowest BCUT2D eigenvalue weighted by Crippen LogP contribution is -1.86. The van der Waals surface area contributed by atoms with E-state index in [2.05, 4.69) is 16.8 Å². The van der Waals surface area contributed by atoms with Crippen molar-refractivity contribution in [1.29, 1.82) is 0 Å². The zero-order valence-electron chi connectivity index (χ0n) is 11.7. The topological polar surface area (TPSA) is 45.2 Å². The molecule has 0 radical (unpaired) electrons. The lowest BCUT2D eigenvalue weighted by Gasteiger charge is -1.97. The summed E-state index contributed by atoms with van der Waals surface area (Å²) in [6, 6.07) is 15.5. The van der Waals surface area contributed by atoms with Crippen molar-refractivity contribution in [3.8, 4) is 17.6 Å². The van der Waals surface area contributed by atoms with Gasteiger partial charge in [-0.3, -0.25) is 0 Å². The molecule has 3 rings (SSSR count). The molecule has 0 aliphatic carbocycles. The SMILES string of the molecule is COc1ccc(C#Cc2c(CO)[nH]c3ccccc23)cc1. The maximum atomic E-state index is 9.47. The summed E-state index contributed by atoms with van der Waals surface area (Å²) in [4.78, 5) is 3.20. The Hall–Kier alpha value is -2.70. The van der Waals surface area contributed by atoms with Crippen LogP contribution in [-0.4, -0.2) is 17.2 Å². The molecule has 0 aliphatic heterocycles. The summed E-state index contributed by atoms with van der Waals surface area (Å²) in [7, 11) is 1.64. The maximum Gasteiger partial charge on any atom is 0.118 e. The van der Waals surface area contributed by atoms with Gasteiger partial charge in [0.15, 0.2) is 0 Å². The van der Waals surface area contributed by atoms with Gasteiger partial charge >= 0.3 is 0 Å². The summed E-state index contributed by atoms with van der Waals surface area (Å²) in [6.45, 7) is -0.0543. The van der Waals surface area contributed by atoms with E-state index in [4.69, 9.17) is 4.74 Å². The van der Waals surface area contributed by atoms with Crippen LogP contribution in [0.5, 0.6) is 5.75 Å². The van der Waals surface area contributed by atoms with Crippen molar-refractivity contribution in [3.63, 3.8) is 0 Å². The van der Waals surface area contributed by atoms with Gasteiger partial charge in [0.25, 0.3) is 0 Å². The predicted octanol–water partition coefficient (Wildman–Crippen LogP) is 3.07. The van der Waals surface area contributed by atoms with Crippen LogP contribution in [0, 0.1) is 11.8 Å². The molecule has 3 heteroatoms. The largest absolute Gasteiger partial charge is 0.497 e. The number of ether oxygens (including phenoxy) is 1. The minimum Gasteiger partial charge on any atom is -0.497 e. The van der Waals surface area contributed by atoms with Gasteiger partial charge in [0, 0.05) is 16.5 Å². The van der Waals surface area contributed by atoms with Crippen LogP contribution in [-0.2, 0) is 6.61 Å². The minimum atomic E-state index is -0.0543. The van der Waals surface area contributed by atoms with Crippen molar-refractivity contribution < 1.29 is 9.84 Å². The van der Waals surface area contributed by atoms with Crippen molar-refractivity contribution >= 4 is 10.9 Å². The molecular formula is C18H15NO2. The van der Waals surface area contributed by atoms with Gasteiger partial charge in [0.2, 0.25) is 0 Å². The van der Waals surface area contributed by atoms with Crippen molar-refractivity contribution in [2.24, 2.45) is 0 Å². The Balaban J connectivity index is 2.03. The number of methoxy groups -OCH3 is 1. The first-order chi connectivity index (χ1) is 10.3. The summed E-state index contributed by atoms with van der Waals surface area (Å²) in [5.74, 6) is 7.10. The van der Waals surface area contributed by atoms with E-state index in [0.29, 0.717) is 0 Å². The molecule has 21 heavy (non-hydrogen) atoms. The average molecular weight is 277 g/mol. The quantitative estimate of drug-likeness (QED) is 0.707. The molecule has 104 valence electrons. The number of H-pyrrole nitrogens is 1. The third kappa shape index (κ3) is 2.62. The van der Waals surface area contributed by atoms with Gasteiger partial charge in [-0.1, -0.05) is 30.0 Å². The smallest absolute Gasteiger partial charge is 0.118 e. The van der Waals surface area contributed by atoms with E-state index in [1.54, 1.807) is 7.11 Å². The standard InChI is InChI=1S/C18H15NO2/c1-21-14-9-6-13(7-10-14)8-11-16-15-4-2-3-5-17(15)19-18(16)12-20/h2-7,9-10,19-20H,12H2,1H3. The summed E-state index contributed by atoms with van der Waals surface area (Å²) in [5, 5.41) is 10.5. The highest BCUT2D eigenvalue weighted by Crippen LogP contribution is 2.21. The number of benzene rings is 2. The lowest BCUT2D eigenvalue weighted by molar-refractivity contribution is 0.277. The van der Waals surface area contributed by atoms with Gasteiger partial charge < -0.3 is 14.8 Å². The molecule has 0 spiro atoms. The monoisotopic (exact) mass is 277 g/mol. The van der Waals surface area contributed by atoms with Crippen LogP contribution in [0.25, 0.3) is 10.9 Å². The van der Waals surface area contributed by atoms with E-state index >= 15 is 0 Å². The normalized spacial score (nSPS) is 10.2. The van der Waals surface area contributed by atoms with Crippen LogP contribution in [0.2, 0.25) is 0 Å². The highest BCUT2D eigenvalue weighted by atomic mass is 16.5. The van der Waals surface area contributed by atoms with Crippen LogP contribution < -0.4 is 4.74 Å². The van der Waals surface area contributed by atoms with E-state index < -0.39 is 0 Å². The van der Waals surface area contributed by atoms with E-state index in [9.17, 15) is 5.11 Å². The number of hydrogen-bond donors (Lipinski definition) is 2. The van der Waals surface area contributed by atoms with Crippen LogP contribution in [0.15, 0.2) is 48.5 Å². The molecule has 0 saturated carbocycles. The fourth-order valence-corrected chi connectivity index (χ4v) is 2.27. The number of aromatic nitrogens is 1. The van der Waals surface area contributed by atoms with E-state index in [-0.39, 0.29) is 6.61 Å². The van der Waals surface area contributed by atoms with Crippen molar-refractivity contribution in [2.75, 3.05) is 7.11 Å². The van der Waals surface area contributed by atoms with Gasteiger partial charge in [-0.25, -0.2) is 0 Å². The Labute approximate surface area is 123 Å². The molecule has 1 heterocycles. The first kappa shape index (κ1) is 13.3. The molecule has 0 atom stereocenters. The second kappa shape index (κ2) is 5.74. The van der Waals surface area contributed by atoms with E-state index in [1.165, 1.54) is 0 Å². The van der Waals surface area contributed by atoms with Crippen molar-refractivity contribution in [2.45, 2.75) is 6.61 Å². The van der Waals surface area contributed by atoms with Gasteiger partial charge in [-0.15, -0.1) is 0 Å². The number of aromatic amines is 1. The molecule has 0 saturated heterocycles. The fraction of sp³-hybridized carbons (Fsp3) is 0.111. The number of aliphatic hydroxyl groups excluding tert-OH is 1. The Bertz CT molecular complexity index is 820. The Morgan fingerprint density at radius 1 is 1.05 bits per heavy atom. The van der Waals surface area contributed by atoms with Crippen LogP contribution in [0.4, 0.5) is 0 Å². The van der Waals surface area contributed by atoms with Crippen LogP contribution >= 0.6 is 0 Å². The third-order valence-corrected chi connectivity index (χ3v) is 3.36. The number of nitrogens with one attached hydrogen (secondary N) is 1. The maximum absolute atomic E-state index is 9.47. The second-order valence-electron chi connectivity index (χ2n) is 4.66. The molecule has 0 aliphatic rings. The Morgan fingerprint density at radius 2 is 1.81 bits per heavy atom. The highest BCUT2D eigenvalue weighted by molar-refractivity contribution is 5.87. The second-order valence-corrected chi connectivity index (χ2v) is 4.66. The Kier molecular flexibility index (Phi) is 3.63. The zero-order chi connectivity index (χ0) is 14.7. The summed E-state index contributed by atoms with van der Waals surface area (Å²) < 4.78 is 5.13.